The lowest BCUT2D eigenvalue weighted by molar-refractivity contribution is 0.0674. The molecule has 0 spiro atoms. The smallest absolute Gasteiger partial charge is 0.270 e. The highest BCUT2D eigenvalue weighted by Gasteiger charge is 2.22. The molecule has 0 atom stereocenters. The van der Waals surface area contributed by atoms with Crippen LogP contribution in [0.2, 0.25) is 0 Å². The third-order valence-corrected chi connectivity index (χ3v) is 4.03. The molecule has 0 aliphatic carbocycles. The molecule has 0 saturated carbocycles. The van der Waals surface area contributed by atoms with Crippen molar-refractivity contribution in [3.05, 3.63) is 23.5 Å². The average Bonchev–Trinajstić information content (AvgIpc) is 2.84. The molecule has 0 radical (unpaired) electrons. The lowest BCUT2D eigenvalue weighted by atomic mass is 10.2. The highest BCUT2D eigenvalue weighted by Crippen LogP contribution is 2.13. The van der Waals surface area contributed by atoms with Gasteiger partial charge in [-0.05, 0) is 38.6 Å². The largest absolute Gasteiger partial charge is 0.380 e. The third kappa shape index (κ3) is 4.85. The van der Waals surface area contributed by atoms with Crippen LogP contribution in [0.3, 0.4) is 0 Å². The van der Waals surface area contributed by atoms with E-state index in [1.54, 1.807) is 7.11 Å². The molecule has 0 unspecified atom stereocenters. The Morgan fingerprint density at radius 2 is 1.91 bits per heavy atom. The van der Waals surface area contributed by atoms with E-state index in [1.165, 1.54) is 0 Å². The summed E-state index contributed by atoms with van der Waals surface area (Å²) in [4.78, 5) is 17.1. The van der Waals surface area contributed by atoms with Gasteiger partial charge in [0.2, 0.25) is 0 Å². The zero-order valence-electron chi connectivity index (χ0n) is 14.9. The SMILES string of the molecule is CCN(CC)CCN(C(=O)c1cc(COC)cn1C)C(C)C. The molecule has 1 rings (SSSR count). The summed E-state index contributed by atoms with van der Waals surface area (Å²) >= 11 is 0. The minimum Gasteiger partial charge on any atom is -0.380 e. The number of ether oxygens (including phenoxy) is 1. The van der Waals surface area contributed by atoms with E-state index in [9.17, 15) is 4.79 Å². The Morgan fingerprint density at radius 1 is 1.27 bits per heavy atom. The van der Waals surface area contributed by atoms with E-state index in [1.807, 2.05) is 28.8 Å². The standard InChI is InChI=1S/C17H31N3O2/c1-7-19(8-2)9-10-20(14(3)4)17(21)16-11-15(13-22-6)12-18(16)5/h11-12,14H,7-10,13H2,1-6H3. The molecule has 0 aromatic carbocycles. The summed E-state index contributed by atoms with van der Waals surface area (Å²) < 4.78 is 7.04. The topological polar surface area (TPSA) is 37.7 Å². The first-order valence-corrected chi connectivity index (χ1v) is 8.12. The van der Waals surface area contributed by atoms with Gasteiger partial charge in [0.15, 0.2) is 0 Å². The zero-order valence-corrected chi connectivity index (χ0v) is 14.9. The molecule has 5 heteroatoms. The van der Waals surface area contributed by atoms with Crippen molar-refractivity contribution >= 4 is 5.91 Å². The Bertz CT molecular complexity index is 464. The van der Waals surface area contributed by atoms with Crippen molar-refractivity contribution in [3.8, 4) is 0 Å². The average molecular weight is 309 g/mol. The maximum Gasteiger partial charge on any atom is 0.270 e. The fourth-order valence-electron chi connectivity index (χ4n) is 2.62. The normalized spacial score (nSPS) is 11.5. The van der Waals surface area contributed by atoms with E-state index < -0.39 is 0 Å². The first-order valence-electron chi connectivity index (χ1n) is 8.12. The number of likely N-dealkylation sites (N-methyl/N-ethyl adjacent to an activating group) is 1. The van der Waals surface area contributed by atoms with Crippen LogP contribution in [0.5, 0.6) is 0 Å². The van der Waals surface area contributed by atoms with Crippen molar-refractivity contribution in [3.63, 3.8) is 0 Å². The van der Waals surface area contributed by atoms with E-state index in [-0.39, 0.29) is 11.9 Å². The predicted molar refractivity (Wildman–Crippen MR) is 90.1 cm³/mol. The molecular formula is C17H31N3O2. The maximum atomic E-state index is 12.9. The lowest BCUT2D eigenvalue weighted by Gasteiger charge is -2.29. The van der Waals surface area contributed by atoms with E-state index in [2.05, 4.69) is 32.6 Å². The Balaban J connectivity index is 2.84. The molecular weight excluding hydrogens is 278 g/mol. The molecule has 1 aromatic rings. The van der Waals surface area contributed by atoms with Gasteiger partial charge in [-0.1, -0.05) is 13.8 Å². The molecule has 0 N–H and O–H groups in total. The maximum absolute atomic E-state index is 12.9. The molecule has 0 fully saturated rings. The number of methoxy groups -OCH3 is 1. The molecule has 0 bridgehead atoms. The number of carbonyl (C=O) groups is 1. The van der Waals surface area contributed by atoms with Crippen molar-refractivity contribution in [2.45, 2.75) is 40.3 Å². The second kappa shape index (κ2) is 8.96. The summed E-state index contributed by atoms with van der Waals surface area (Å²) in [6.45, 7) is 12.7. The number of carbonyl (C=O) groups excluding carboxylic acids is 1. The number of amides is 1. The molecule has 0 aliphatic heterocycles. The van der Waals surface area contributed by atoms with E-state index in [0.29, 0.717) is 6.61 Å². The van der Waals surface area contributed by atoms with Crippen LogP contribution in [-0.2, 0) is 18.4 Å². The van der Waals surface area contributed by atoms with Gasteiger partial charge in [-0.2, -0.15) is 0 Å². The second-order valence-electron chi connectivity index (χ2n) is 5.90. The van der Waals surface area contributed by atoms with E-state index in [0.717, 1.165) is 37.4 Å². The van der Waals surface area contributed by atoms with Gasteiger partial charge in [0, 0.05) is 39.5 Å². The van der Waals surface area contributed by atoms with Crippen molar-refractivity contribution < 1.29 is 9.53 Å². The monoisotopic (exact) mass is 309 g/mol. The minimum absolute atomic E-state index is 0.0898. The zero-order chi connectivity index (χ0) is 16.7. The summed E-state index contributed by atoms with van der Waals surface area (Å²) in [6, 6.07) is 2.11. The van der Waals surface area contributed by atoms with Crippen LogP contribution in [0.1, 0.15) is 43.7 Å². The lowest BCUT2D eigenvalue weighted by Crippen LogP contribution is -2.43. The molecule has 0 saturated heterocycles. The second-order valence-corrected chi connectivity index (χ2v) is 5.90. The van der Waals surface area contributed by atoms with Crippen LogP contribution >= 0.6 is 0 Å². The highest BCUT2D eigenvalue weighted by atomic mass is 16.5. The van der Waals surface area contributed by atoms with E-state index >= 15 is 0 Å². The molecule has 0 aliphatic rings. The molecule has 22 heavy (non-hydrogen) atoms. The van der Waals surface area contributed by atoms with Crippen molar-refractivity contribution in [1.82, 2.24) is 14.4 Å². The fraction of sp³-hybridized carbons (Fsp3) is 0.706. The highest BCUT2D eigenvalue weighted by molar-refractivity contribution is 5.93. The van der Waals surface area contributed by atoms with Gasteiger partial charge in [-0.15, -0.1) is 0 Å². The third-order valence-electron chi connectivity index (χ3n) is 4.03. The molecule has 1 heterocycles. The molecule has 126 valence electrons. The number of hydrogen-bond donors (Lipinski definition) is 0. The molecule has 5 nitrogen and oxygen atoms in total. The van der Waals surface area contributed by atoms with Gasteiger partial charge in [0.1, 0.15) is 5.69 Å². The van der Waals surface area contributed by atoms with Crippen LogP contribution in [0.15, 0.2) is 12.3 Å². The van der Waals surface area contributed by atoms with Gasteiger partial charge in [-0.25, -0.2) is 0 Å². The molecule has 1 amide bonds. The Labute approximate surface area is 134 Å². The number of aromatic nitrogens is 1. The Hall–Kier alpha value is -1.33. The van der Waals surface area contributed by atoms with Crippen molar-refractivity contribution in [2.75, 3.05) is 33.3 Å². The first-order chi connectivity index (χ1) is 10.4. The van der Waals surface area contributed by atoms with Gasteiger partial charge < -0.3 is 19.1 Å². The van der Waals surface area contributed by atoms with Crippen LogP contribution < -0.4 is 0 Å². The van der Waals surface area contributed by atoms with Gasteiger partial charge in [-0.3, -0.25) is 4.79 Å². The number of aryl methyl sites for hydroxylation is 1. The Kier molecular flexibility index (Phi) is 7.62. The quantitative estimate of drug-likeness (QED) is 0.703. The first kappa shape index (κ1) is 18.7. The van der Waals surface area contributed by atoms with Crippen LogP contribution in [0, 0.1) is 0 Å². The summed E-state index contributed by atoms with van der Waals surface area (Å²) in [5.41, 5.74) is 1.75. The predicted octanol–water partition coefficient (Wildman–Crippen LogP) is 2.36. The summed E-state index contributed by atoms with van der Waals surface area (Å²) in [5.74, 6) is 0.0898. The number of rotatable bonds is 9. The van der Waals surface area contributed by atoms with E-state index in [4.69, 9.17) is 4.74 Å². The van der Waals surface area contributed by atoms with Crippen LogP contribution in [0.25, 0.3) is 0 Å². The summed E-state index contributed by atoms with van der Waals surface area (Å²) in [7, 11) is 3.58. The van der Waals surface area contributed by atoms with Gasteiger partial charge in [0.25, 0.3) is 5.91 Å². The molecule has 1 aromatic heterocycles. The van der Waals surface area contributed by atoms with Gasteiger partial charge >= 0.3 is 0 Å². The van der Waals surface area contributed by atoms with Crippen LogP contribution in [0.4, 0.5) is 0 Å². The van der Waals surface area contributed by atoms with Crippen molar-refractivity contribution in [1.29, 1.82) is 0 Å². The van der Waals surface area contributed by atoms with Crippen LogP contribution in [-0.4, -0.2) is 59.6 Å². The van der Waals surface area contributed by atoms with Crippen molar-refractivity contribution in [2.24, 2.45) is 7.05 Å². The minimum atomic E-state index is 0.0898. The summed E-state index contributed by atoms with van der Waals surface area (Å²) in [6.07, 6.45) is 1.96. The van der Waals surface area contributed by atoms with Gasteiger partial charge in [0.05, 0.1) is 6.61 Å². The number of hydrogen-bond acceptors (Lipinski definition) is 3. The fourth-order valence-corrected chi connectivity index (χ4v) is 2.62. The Morgan fingerprint density at radius 3 is 2.41 bits per heavy atom. The number of nitrogens with zero attached hydrogens (tertiary/aromatic N) is 3. The summed E-state index contributed by atoms with van der Waals surface area (Å²) in [5, 5.41) is 0.